The number of hydrogen-bond acceptors (Lipinski definition) is 5. The van der Waals surface area contributed by atoms with Gasteiger partial charge in [-0.1, -0.05) is 6.07 Å². The van der Waals surface area contributed by atoms with Gasteiger partial charge in [-0.25, -0.2) is 0 Å². The number of carbonyl (C=O) groups excluding carboxylic acids is 1. The smallest absolute Gasteiger partial charge is 0.256 e. The minimum absolute atomic E-state index is 0.162. The summed E-state index contributed by atoms with van der Waals surface area (Å²) >= 11 is 0. The number of nitrogen functional groups attached to an aromatic ring is 1. The molecule has 0 aliphatic carbocycles. The molecule has 3 N–H and O–H groups in total. The van der Waals surface area contributed by atoms with Gasteiger partial charge < -0.3 is 15.1 Å². The van der Waals surface area contributed by atoms with Gasteiger partial charge in [0.05, 0.1) is 30.3 Å². The molecule has 0 saturated carbocycles. The van der Waals surface area contributed by atoms with Crippen LogP contribution in [0.15, 0.2) is 18.2 Å². The van der Waals surface area contributed by atoms with Crippen LogP contribution >= 0.6 is 0 Å². The maximum Gasteiger partial charge on any atom is 0.256 e. The summed E-state index contributed by atoms with van der Waals surface area (Å²) in [5.74, 6) is 5.30. The summed E-state index contributed by atoms with van der Waals surface area (Å²) < 4.78 is 5.00. The van der Waals surface area contributed by atoms with E-state index in [0.717, 1.165) is 5.56 Å². The first-order valence-electron chi connectivity index (χ1n) is 6.36. The SMILES string of the molecule is COCCN(CCC#N)C(=O)c1ccc(C)cc1NN. The van der Waals surface area contributed by atoms with Crippen LogP contribution in [0.25, 0.3) is 0 Å². The Bertz CT molecular complexity index is 496. The number of nitriles is 1. The Morgan fingerprint density at radius 3 is 2.85 bits per heavy atom. The average molecular weight is 276 g/mol. The minimum atomic E-state index is -0.162. The predicted octanol–water partition coefficient (Wildman–Crippen LogP) is 1.28. The molecule has 0 fully saturated rings. The largest absolute Gasteiger partial charge is 0.383 e. The van der Waals surface area contributed by atoms with Crippen LogP contribution in [0, 0.1) is 18.3 Å². The Morgan fingerprint density at radius 1 is 1.50 bits per heavy atom. The fourth-order valence-corrected chi connectivity index (χ4v) is 1.84. The van der Waals surface area contributed by atoms with Crippen LogP contribution in [-0.2, 0) is 4.74 Å². The normalized spacial score (nSPS) is 9.90. The molecule has 0 bridgehead atoms. The molecule has 0 aromatic heterocycles. The number of nitrogens with one attached hydrogen (secondary N) is 1. The molecular formula is C14H20N4O2. The lowest BCUT2D eigenvalue weighted by atomic mass is 10.1. The summed E-state index contributed by atoms with van der Waals surface area (Å²) in [4.78, 5) is 14.1. The Morgan fingerprint density at radius 2 is 2.25 bits per heavy atom. The number of nitrogens with two attached hydrogens (primary N) is 1. The molecule has 0 aliphatic rings. The number of hydrazine groups is 1. The van der Waals surface area contributed by atoms with Crippen LogP contribution in [0.5, 0.6) is 0 Å². The van der Waals surface area contributed by atoms with Crippen LogP contribution in [-0.4, -0.2) is 37.6 Å². The highest BCUT2D eigenvalue weighted by atomic mass is 16.5. The molecule has 1 rings (SSSR count). The van der Waals surface area contributed by atoms with Crippen molar-refractivity contribution in [3.8, 4) is 6.07 Å². The third-order valence-corrected chi connectivity index (χ3v) is 2.91. The van der Waals surface area contributed by atoms with E-state index in [1.54, 1.807) is 18.1 Å². The van der Waals surface area contributed by atoms with Gasteiger partial charge in [-0.3, -0.25) is 10.6 Å². The van der Waals surface area contributed by atoms with E-state index in [0.29, 0.717) is 30.9 Å². The molecule has 6 nitrogen and oxygen atoms in total. The first-order chi connectivity index (χ1) is 9.63. The van der Waals surface area contributed by atoms with E-state index in [-0.39, 0.29) is 12.3 Å². The summed E-state index contributed by atoms with van der Waals surface area (Å²) in [6, 6.07) is 7.44. The molecule has 20 heavy (non-hydrogen) atoms. The van der Waals surface area contributed by atoms with Crippen molar-refractivity contribution < 1.29 is 9.53 Å². The topological polar surface area (TPSA) is 91.4 Å². The fourth-order valence-electron chi connectivity index (χ4n) is 1.84. The lowest BCUT2D eigenvalue weighted by Gasteiger charge is -2.22. The van der Waals surface area contributed by atoms with E-state index in [1.807, 2.05) is 25.1 Å². The second-order valence-electron chi connectivity index (χ2n) is 4.39. The van der Waals surface area contributed by atoms with Gasteiger partial charge in [0.1, 0.15) is 0 Å². The number of rotatable bonds is 7. The summed E-state index contributed by atoms with van der Waals surface area (Å²) in [5, 5.41) is 8.68. The third-order valence-electron chi connectivity index (χ3n) is 2.91. The maximum atomic E-state index is 12.5. The molecule has 0 heterocycles. The Kier molecular flexibility index (Phi) is 6.50. The van der Waals surface area contributed by atoms with Gasteiger partial charge in [0.25, 0.3) is 5.91 Å². The number of aryl methyl sites for hydroxylation is 1. The van der Waals surface area contributed by atoms with Gasteiger partial charge in [-0.05, 0) is 24.6 Å². The predicted molar refractivity (Wildman–Crippen MR) is 77.0 cm³/mol. The Hall–Kier alpha value is -2.10. The lowest BCUT2D eigenvalue weighted by molar-refractivity contribution is 0.0701. The van der Waals surface area contributed by atoms with Gasteiger partial charge in [-0.15, -0.1) is 0 Å². The summed E-state index contributed by atoms with van der Waals surface area (Å²) in [5.41, 5.74) is 4.62. The van der Waals surface area contributed by atoms with Crippen LogP contribution in [0.4, 0.5) is 5.69 Å². The molecule has 0 radical (unpaired) electrons. The molecule has 1 aromatic rings. The van der Waals surface area contributed by atoms with Crippen molar-refractivity contribution in [2.75, 3.05) is 32.2 Å². The number of hydrogen-bond donors (Lipinski definition) is 2. The minimum Gasteiger partial charge on any atom is -0.383 e. The van der Waals surface area contributed by atoms with Crippen molar-refractivity contribution in [1.82, 2.24) is 4.90 Å². The van der Waals surface area contributed by atoms with Gasteiger partial charge in [0.2, 0.25) is 0 Å². The first kappa shape index (κ1) is 16.0. The molecule has 6 heteroatoms. The van der Waals surface area contributed by atoms with Gasteiger partial charge in [0, 0.05) is 20.2 Å². The van der Waals surface area contributed by atoms with Crippen molar-refractivity contribution in [3.05, 3.63) is 29.3 Å². The van der Waals surface area contributed by atoms with E-state index in [9.17, 15) is 4.79 Å². The van der Waals surface area contributed by atoms with Crippen molar-refractivity contribution in [1.29, 1.82) is 5.26 Å². The van der Waals surface area contributed by atoms with Gasteiger partial charge in [0.15, 0.2) is 0 Å². The Labute approximate surface area is 119 Å². The van der Waals surface area contributed by atoms with Crippen LogP contribution < -0.4 is 11.3 Å². The first-order valence-corrected chi connectivity index (χ1v) is 6.36. The zero-order valence-corrected chi connectivity index (χ0v) is 11.8. The molecule has 0 aliphatic heterocycles. The summed E-state index contributed by atoms with van der Waals surface area (Å²) in [7, 11) is 1.58. The standard InChI is InChI=1S/C14H20N4O2/c1-11-4-5-12(13(10-11)17-16)14(19)18(7-3-6-15)8-9-20-2/h4-5,10,17H,3,7-9,16H2,1-2H3. The highest BCUT2D eigenvalue weighted by molar-refractivity contribution is 5.99. The van der Waals surface area contributed by atoms with Crippen molar-refractivity contribution in [2.45, 2.75) is 13.3 Å². The second-order valence-corrected chi connectivity index (χ2v) is 4.39. The Balaban J connectivity index is 2.95. The number of anilines is 1. The highest BCUT2D eigenvalue weighted by Crippen LogP contribution is 2.18. The zero-order chi connectivity index (χ0) is 15.0. The third kappa shape index (κ3) is 4.23. The van der Waals surface area contributed by atoms with Gasteiger partial charge >= 0.3 is 0 Å². The molecule has 0 spiro atoms. The molecule has 0 unspecified atom stereocenters. The van der Waals surface area contributed by atoms with Crippen LogP contribution in [0.1, 0.15) is 22.3 Å². The molecule has 0 saturated heterocycles. The summed E-state index contributed by atoms with van der Waals surface area (Å²) in [6.07, 6.45) is 0.284. The number of methoxy groups -OCH3 is 1. The molecule has 108 valence electrons. The fraction of sp³-hybridized carbons (Fsp3) is 0.429. The van der Waals surface area contributed by atoms with Crippen molar-refractivity contribution in [2.24, 2.45) is 5.84 Å². The molecular weight excluding hydrogens is 256 g/mol. The molecule has 0 atom stereocenters. The van der Waals surface area contributed by atoms with E-state index >= 15 is 0 Å². The van der Waals surface area contributed by atoms with Crippen molar-refractivity contribution in [3.63, 3.8) is 0 Å². The number of carbonyl (C=O) groups is 1. The average Bonchev–Trinajstić information content (AvgIpc) is 2.46. The quantitative estimate of drug-likeness (QED) is 0.578. The van der Waals surface area contributed by atoms with E-state index in [4.69, 9.17) is 15.8 Å². The van der Waals surface area contributed by atoms with Crippen LogP contribution in [0.2, 0.25) is 0 Å². The van der Waals surface area contributed by atoms with E-state index in [2.05, 4.69) is 5.43 Å². The number of ether oxygens (including phenoxy) is 1. The highest BCUT2D eigenvalue weighted by Gasteiger charge is 2.18. The zero-order valence-electron chi connectivity index (χ0n) is 11.8. The molecule has 1 aromatic carbocycles. The maximum absolute atomic E-state index is 12.5. The monoisotopic (exact) mass is 276 g/mol. The van der Waals surface area contributed by atoms with E-state index in [1.165, 1.54) is 0 Å². The van der Waals surface area contributed by atoms with E-state index < -0.39 is 0 Å². The number of amides is 1. The second kappa shape index (κ2) is 8.15. The number of benzene rings is 1. The van der Waals surface area contributed by atoms with Gasteiger partial charge in [-0.2, -0.15) is 5.26 Å². The van der Waals surface area contributed by atoms with Crippen molar-refractivity contribution >= 4 is 11.6 Å². The molecule has 1 amide bonds. The number of nitrogens with zero attached hydrogens (tertiary/aromatic N) is 2. The summed E-state index contributed by atoms with van der Waals surface area (Å²) in [6.45, 7) is 3.16. The van der Waals surface area contributed by atoms with Crippen LogP contribution in [0.3, 0.4) is 0 Å². The lowest BCUT2D eigenvalue weighted by Crippen LogP contribution is -2.35.